The molecule has 5 aliphatic rings. The zero-order chi connectivity index (χ0) is 20.9. The molecule has 0 aromatic heterocycles. The average Bonchev–Trinajstić information content (AvgIpc) is 3.09. The van der Waals surface area contributed by atoms with Crippen molar-refractivity contribution >= 4 is 0 Å². The normalized spacial score (nSPS) is 52.4. The molecule has 1 saturated heterocycles. The molecule has 2 heterocycles. The first-order valence-electron chi connectivity index (χ1n) is 12.9. The SMILES string of the molecule is C/C1=C2\CC3C(CCC4CC(O)CCC43C)C2CCNOC2CC(C)CNC2CC1. The molecule has 9 unspecified atom stereocenters. The number of aliphatic hydroxyl groups is 1. The van der Waals surface area contributed by atoms with Crippen LogP contribution in [0, 0.1) is 35.0 Å². The molecule has 5 rings (SSSR count). The molecule has 2 aliphatic heterocycles. The second-order valence-corrected chi connectivity index (χ2v) is 11.8. The Morgan fingerprint density at radius 3 is 2.83 bits per heavy atom. The summed E-state index contributed by atoms with van der Waals surface area (Å²) in [4.78, 5) is 6.23. The highest BCUT2D eigenvalue weighted by molar-refractivity contribution is 5.25. The molecule has 0 amide bonds. The van der Waals surface area contributed by atoms with E-state index in [-0.39, 0.29) is 6.10 Å². The average molecular weight is 417 g/mol. The fourth-order valence-electron chi connectivity index (χ4n) is 8.27. The van der Waals surface area contributed by atoms with Gasteiger partial charge in [-0.05, 0) is 113 Å². The highest BCUT2D eigenvalue weighted by atomic mass is 16.7. The van der Waals surface area contributed by atoms with Gasteiger partial charge in [0.25, 0.3) is 0 Å². The summed E-state index contributed by atoms with van der Waals surface area (Å²) >= 11 is 0. The van der Waals surface area contributed by atoms with Gasteiger partial charge in [-0.25, -0.2) is 5.48 Å². The van der Waals surface area contributed by atoms with Crippen LogP contribution in [-0.4, -0.2) is 36.4 Å². The molecule has 30 heavy (non-hydrogen) atoms. The number of piperidine rings is 1. The fourth-order valence-corrected chi connectivity index (χ4v) is 8.27. The summed E-state index contributed by atoms with van der Waals surface area (Å²) in [5.41, 5.74) is 7.34. The van der Waals surface area contributed by atoms with E-state index >= 15 is 0 Å². The van der Waals surface area contributed by atoms with Crippen molar-refractivity contribution in [1.82, 2.24) is 10.8 Å². The van der Waals surface area contributed by atoms with Gasteiger partial charge in [0, 0.05) is 12.6 Å². The molecule has 0 spiro atoms. The zero-order valence-corrected chi connectivity index (χ0v) is 19.5. The predicted octanol–water partition coefficient (Wildman–Crippen LogP) is 4.59. The molecule has 4 fully saturated rings. The van der Waals surface area contributed by atoms with Crippen LogP contribution in [0.25, 0.3) is 0 Å². The van der Waals surface area contributed by atoms with Gasteiger partial charge < -0.3 is 10.4 Å². The van der Waals surface area contributed by atoms with Crippen LogP contribution in [-0.2, 0) is 4.84 Å². The van der Waals surface area contributed by atoms with Gasteiger partial charge in [-0.15, -0.1) is 0 Å². The lowest BCUT2D eigenvalue weighted by Gasteiger charge is -2.53. The zero-order valence-electron chi connectivity index (χ0n) is 19.5. The quantitative estimate of drug-likeness (QED) is 0.506. The third-order valence-electron chi connectivity index (χ3n) is 10.1. The fraction of sp³-hybridized carbons (Fsp3) is 0.923. The molecule has 3 aliphatic carbocycles. The molecule has 3 N–H and O–H groups in total. The third kappa shape index (κ3) is 3.80. The van der Waals surface area contributed by atoms with Gasteiger partial charge in [0.05, 0.1) is 12.2 Å². The number of fused-ring (bicyclic) bond motifs is 6. The number of hydrogen-bond donors (Lipinski definition) is 3. The molecule has 0 radical (unpaired) electrons. The van der Waals surface area contributed by atoms with Crippen molar-refractivity contribution in [3.63, 3.8) is 0 Å². The largest absolute Gasteiger partial charge is 0.393 e. The first kappa shape index (κ1) is 21.4. The van der Waals surface area contributed by atoms with E-state index in [4.69, 9.17) is 4.84 Å². The summed E-state index contributed by atoms with van der Waals surface area (Å²) in [6.45, 7) is 9.45. The first-order chi connectivity index (χ1) is 14.5. The maximum atomic E-state index is 10.3. The van der Waals surface area contributed by atoms with Crippen molar-refractivity contribution in [2.75, 3.05) is 13.1 Å². The summed E-state index contributed by atoms with van der Waals surface area (Å²) < 4.78 is 0. The lowest BCUT2D eigenvalue weighted by molar-refractivity contribution is -0.0745. The van der Waals surface area contributed by atoms with Gasteiger partial charge in [-0.2, -0.15) is 0 Å². The summed E-state index contributed by atoms with van der Waals surface area (Å²) in [5.74, 6) is 3.83. The molecule has 0 bridgehead atoms. The number of aliphatic hydroxyl groups excluding tert-OH is 1. The number of hydrogen-bond acceptors (Lipinski definition) is 4. The molecule has 4 heteroatoms. The van der Waals surface area contributed by atoms with E-state index in [1.807, 2.05) is 5.57 Å². The Kier molecular flexibility index (Phi) is 6.07. The van der Waals surface area contributed by atoms with E-state index in [1.165, 1.54) is 51.4 Å². The smallest absolute Gasteiger partial charge is 0.0945 e. The monoisotopic (exact) mass is 416 g/mol. The van der Waals surface area contributed by atoms with Gasteiger partial charge in [0.1, 0.15) is 0 Å². The number of allylic oxidation sites excluding steroid dienone is 2. The highest BCUT2D eigenvalue weighted by Gasteiger charge is 2.55. The van der Waals surface area contributed by atoms with Gasteiger partial charge in [-0.3, -0.25) is 4.84 Å². The van der Waals surface area contributed by atoms with Crippen LogP contribution in [0.4, 0.5) is 0 Å². The van der Waals surface area contributed by atoms with Gasteiger partial charge >= 0.3 is 0 Å². The summed E-state index contributed by atoms with van der Waals surface area (Å²) in [7, 11) is 0. The summed E-state index contributed by atoms with van der Waals surface area (Å²) in [6.07, 6.45) is 12.4. The molecular weight excluding hydrogens is 372 g/mol. The Morgan fingerprint density at radius 2 is 1.97 bits per heavy atom. The number of rotatable bonds is 0. The first-order valence-corrected chi connectivity index (χ1v) is 12.9. The lowest BCUT2D eigenvalue weighted by Crippen LogP contribution is -2.50. The Balaban J connectivity index is 1.38. The van der Waals surface area contributed by atoms with Crippen molar-refractivity contribution in [2.24, 2.45) is 35.0 Å². The van der Waals surface area contributed by atoms with Crippen molar-refractivity contribution in [3.8, 4) is 0 Å². The Bertz CT molecular complexity index is 663. The van der Waals surface area contributed by atoms with Crippen molar-refractivity contribution in [3.05, 3.63) is 11.1 Å². The standard InChI is InChI=1S/C26H44N2O2/c1-16-12-25-24(27-15-16)7-4-17(2)22-14-23-21(20(22)9-11-28-30-25)6-5-18-13-19(29)8-10-26(18,23)3/h16,18-21,23-25,27-29H,4-15H2,1-3H3/b22-17-. The maximum absolute atomic E-state index is 10.3. The van der Waals surface area contributed by atoms with E-state index in [2.05, 4.69) is 31.6 Å². The van der Waals surface area contributed by atoms with E-state index in [0.29, 0.717) is 23.5 Å². The topological polar surface area (TPSA) is 53.5 Å². The molecule has 0 aromatic rings. The minimum Gasteiger partial charge on any atom is -0.393 e. The Hall–Kier alpha value is -0.420. The summed E-state index contributed by atoms with van der Waals surface area (Å²) in [5, 5.41) is 14.1. The van der Waals surface area contributed by atoms with E-state index in [1.54, 1.807) is 5.57 Å². The van der Waals surface area contributed by atoms with Crippen LogP contribution in [0.2, 0.25) is 0 Å². The Morgan fingerprint density at radius 1 is 1.10 bits per heavy atom. The Labute approximate surface area is 183 Å². The molecule has 3 saturated carbocycles. The lowest BCUT2D eigenvalue weighted by atomic mass is 9.52. The van der Waals surface area contributed by atoms with Crippen LogP contribution in [0.1, 0.15) is 85.0 Å². The van der Waals surface area contributed by atoms with Crippen molar-refractivity contribution < 1.29 is 9.94 Å². The minimum atomic E-state index is -0.0496. The molecule has 4 nitrogen and oxygen atoms in total. The molecule has 170 valence electrons. The van der Waals surface area contributed by atoms with Gasteiger partial charge in [0.2, 0.25) is 0 Å². The second-order valence-electron chi connectivity index (χ2n) is 11.8. The minimum absolute atomic E-state index is 0.0496. The third-order valence-corrected chi connectivity index (χ3v) is 10.1. The summed E-state index contributed by atoms with van der Waals surface area (Å²) in [6, 6.07) is 0.478. The van der Waals surface area contributed by atoms with Crippen LogP contribution in [0.15, 0.2) is 11.1 Å². The number of nitrogens with one attached hydrogen (secondary N) is 2. The van der Waals surface area contributed by atoms with E-state index < -0.39 is 0 Å². The van der Waals surface area contributed by atoms with E-state index in [0.717, 1.165) is 49.6 Å². The van der Waals surface area contributed by atoms with Gasteiger partial charge in [-0.1, -0.05) is 25.0 Å². The molecule has 9 atom stereocenters. The van der Waals surface area contributed by atoms with Crippen molar-refractivity contribution in [1.29, 1.82) is 0 Å². The van der Waals surface area contributed by atoms with Crippen LogP contribution in [0.5, 0.6) is 0 Å². The van der Waals surface area contributed by atoms with Crippen LogP contribution >= 0.6 is 0 Å². The van der Waals surface area contributed by atoms with E-state index in [9.17, 15) is 5.11 Å². The molecule has 0 aromatic carbocycles. The van der Waals surface area contributed by atoms with Crippen molar-refractivity contribution in [2.45, 2.75) is 103 Å². The van der Waals surface area contributed by atoms with Gasteiger partial charge in [0.15, 0.2) is 0 Å². The maximum Gasteiger partial charge on any atom is 0.0945 e. The number of hydroxylamine groups is 1. The van der Waals surface area contributed by atoms with Crippen LogP contribution in [0.3, 0.4) is 0 Å². The predicted molar refractivity (Wildman–Crippen MR) is 121 cm³/mol. The second kappa shape index (κ2) is 8.50. The molecular formula is C26H44N2O2. The highest BCUT2D eigenvalue weighted by Crippen LogP contribution is 2.63. The van der Waals surface area contributed by atoms with Crippen LogP contribution < -0.4 is 10.8 Å².